The molecule has 0 spiro atoms. The zero-order valence-corrected chi connectivity index (χ0v) is 15.7. The largest absolute Gasteiger partial charge is 0.366 e. The third-order valence-corrected chi connectivity index (χ3v) is 5.20. The number of hydrogen-bond acceptors (Lipinski definition) is 1. The summed E-state index contributed by atoms with van der Waals surface area (Å²) in [6.07, 6.45) is 6.05. The number of fused-ring (bicyclic) bond motifs is 1. The number of carbonyl (C=O) groups excluding carboxylic acids is 1. The van der Waals surface area contributed by atoms with Gasteiger partial charge >= 0.3 is 0 Å². The van der Waals surface area contributed by atoms with Crippen LogP contribution in [0.1, 0.15) is 67.9 Å². The standard InChI is InChI=1S/C23H28N2O/c1-3-5-7-10-17(4-2)21-15-18-13-14-19(23(24)26)16-22(18)25(21)20-11-8-6-9-12-20/h6,8-9,11-17H,3-5,7,10H2,1-2H3,(H2,24,26). The third-order valence-electron chi connectivity index (χ3n) is 5.20. The molecule has 26 heavy (non-hydrogen) atoms. The van der Waals surface area contributed by atoms with Gasteiger partial charge in [0.2, 0.25) is 5.91 Å². The number of nitrogens with zero attached hydrogens (tertiary/aromatic N) is 1. The maximum Gasteiger partial charge on any atom is 0.248 e. The van der Waals surface area contributed by atoms with Crippen LogP contribution >= 0.6 is 0 Å². The Bertz CT molecular complexity index is 880. The molecule has 1 aromatic heterocycles. The first-order valence-electron chi connectivity index (χ1n) is 9.66. The summed E-state index contributed by atoms with van der Waals surface area (Å²) in [4.78, 5) is 11.7. The Balaban J connectivity index is 2.16. The number of para-hydroxylation sites is 1. The van der Waals surface area contributed by atoms with Crippen molar-refractivity contribution in [1.82, 2.24) is 4.57 Å². The number of amides is 1. The Morgan fingerprint density at radius 2 is 1.81 bits per heavy atom. The summed E-state index contributed by atoms with van der Waals surface area (Å²) in [6, 6.07) is 18.4. The van der Waals surface area contributed by atoms with Crippen LogP contribution in [-0.4, -0.2) is 10.5 Å². The van der Waals surface area contributed by atoms with Crippen molar-refractivity contribution in [3.63, 3.8) is 0 Å². The lowest BCUT2D eigenvalue weighted by molar-refractivity contribution is 0.100. The molecule has 3 aromatic rings. The Kier molecular flexibility index (Phi) is 5.77. The lowest BCUT2D eigenvalue weighted by Crippen LogP contribution is -2.11. The predicted molar refractivity (Wildman–Crippen MR) is 109 cm³/mol. The first-order chi connectivity index (χ1) is 12.7. The van der Waals surface area contributed by atoms with Gasteiger partial charge in [-0.25, -0.2) is 0 Å². The number of carbonyl (C=O) groups is 1. The summed E-state index contributed by atoms with van der Waals surface area (Å²) in [5.41, 5.74) is 9.58. The molecule has 0 radical (unpaired) electrons. The van der Waals surface area contributed by atoms with Gasteiger partial charge in [-0.2, -0.15) is 0 Å². The van der Waals surface area contributed by atoms with Crippen LogP contribution in [0.5, 0.6) is 0 Å². The van der Waals surface area contributed by atoms with Gasteiger partial charge in [-0.15, -0.1) is 0 Å². The zero-order valence-electron chi connectivity index (χ0n) is 15.7. The van der Waals surface area contributed by atoms with Crippen molar-refractivity contribution < 1.29 is 4.79 Å². The number of nitrogens with two attached hydrogens (primary N) is 1. The van der Waals surface area contributed by atoms with E-state index in [0.29, 0.717) is 11.5 Å². The fourth-order valence-electron chi connectivity index (χ4n) is 3.74. The molecule has 3 nitrogen and oxygen atoms in total. The van der Waals surface area contributed by atoms with Gasteiger partial charge in [0.25, 0.3) is 0 Å². The lowest BCUT2D eigenvalue weighted by atomic mass is 9.95. The zero-order chi connectivity index (χ0) is 18.5. The minimum absolute atomic E-state index is 0.385. The van der Waals surface area contributed by atoms with E-state index in [1.165, 1.54) is 31.4 Å². The normalized spacial score (nSPS) is 12.4. The highest BCUT2D eigenvalue weighted by atomic mass is 16.1. The summed E-state index contributed by atoms with van der Waals surface area (Å²) in [5.74, 6) is 0.121. The summed E-state index contributed by atoms with van der Waals surface area (Å²) in [7, 11) is 0. The molecule has 0 bridgehead atoms. The van der Waals surface area contributed by atoms with E-state index in [2.05, 4.69) is 48.7 Å². The summed E-state index contributed by atoms with van der Waals surface area (Å²) >= 11 is 0. The van der Waals surface area contributed by atoms with E-state index in [0.717, 1.165) is 23.0 Å². The van der Waals surface area contributed by atoms with Gasteiger partial charge < -0.3 is 10.3 Å². The quantitative estimate of drug-likeness (QED) is 0.514. The molecule has 3 heteroatoms. The van der Waals surface area contributed by atoms with E-state index < -0.39 is 0 Å². The Labute approximate surface area is 155 Å². The Morgan fingerprint density at radius 3 is 2.46 bits per heavy atom. The van der Waals surface area contributed by atoms with Crippen LogP contribution in [0.4, 0.5) is 0 Å². The molecule has 136 valence electrons. The van der Waals surface area contributed by atoms with Crippen molar-refractivity contribution in [2.75, 3.05) is 0 Å². The van der Waals surface area contributed by atoms with Crippen LogP contribution in [0.15, 0.2) is 54.6 Å². The third kappa shape index (κ3) is 3.67. The van der Waals surface area contributed by atoms with E-state index >= 15 is 0 Å². The second-order valence-electron chi connectivity index (χ2n) is 6.98. The SMILES string of the molecule is CCCCCC(CC)c1cc2ccc(C(N)=O)cc2n1-c1ccccc1. The van der Waals surface area contributed by atoms with Crippen LogP contribution in [0.2, 0.25) is 0 Å². The molecule has 3 rings (SSSR count). The van der Waals surface area contributed by atoms with Gasteiger partial charge in [-0.05, 0) is 49.1 Å². The van der Waals surface area contributed by atoms with Crippen molar-refractivity contribution in [2.45, 2.75) is 51.9 Å². The van der Waals surface area contributed by atoms with E-state index in [1.807, 2.05) is 24.3 Å². The number of aromatic nitrogens is 1. The summed E-state index contributed by atoms with van der Waals surface area (Å²) < 4.78 is 2.31. The van der Waals surface area contributed by atoms with Crippen molar-refractivity contribution in [2.24, 2.45) is 5.73 Å². The van der Waals surface area contributed by atoms with Gasteiger partial charge in [0, 0.05) is 22.3 Å². The topological polar surface area (TPSA) is 48.0 Å². The first kappa shape index (κ1) is 18.2. The molecule has 1 atom stereocenters. The minimum atomic E-state index is -0.385. The van der Waals surface area contributed by atoms with E-state index in [1.54, 1.807) is 0 Å². The molecule has 0 aliphatic carbocycles. The second kappa shape index (κ2) is 8.22. The molecule has 0 saturated heterocycles. The highest BCUT2D eigenvalue weighted by Gasteiger charge is 2.19. The smallest absolute Gasteiger partial charge is 0.248 e. The van der Waals surface area contributed by atoms with Crippen LogP contribution in [0, 0.1) is 0 Å². The maximum absolute atomic E-state index is 11.7. The summed E-state index contributed by atoms with van der Waals surface area (Å²) in [5, 5.41) is 1.16. The highest BCUT2D eigenvalue weighted by molar-refractivity contribution is 5.97. The minimum Gasteiger partial charge on any atom is -0.366 e. The Morgan fingerprint density at radius 1 is 1.04 bits per heavy atom. The Hall–Kier alpha value is -2.55. The first-order valence-corrected chi connectivity index (χ1v) is 9.66. The lowest BCUT2D eigenvalue weighted by Gasteiger charge is -2.19. The number of primary amides is 1. The van der Waals surface area contributed by atoms with Crippen LogP contribution < -0.4 is 5.73 Å². The van der Waals surface area contributed by atoms with Gasteiger partial charge in [-0.3, -0.25) is 4.79 Å². The number of rotatable bonds is 8. The molecule has 2 N–H and O–H groups in total. The molecular formula is C23H28N2O. The van der Waals surface area contributed by atoms with E-state index in [4.69, 9.17) is 5.73 Å². The van der Waals surface area contributed by atoms with Crippen LogP contribution in [-0.2, 0) is 0 Å². The number of hydrogen-bond donors (Lipinski definition) is 1. The fraction of sp³-hybridized carbons (Fsp3) is 0.348. The molecular weight excluding hydrogens is 320 g/mol. The van der Waals surface area contributed by atoms with E-state index in [9.17, 15) is 4.79 Å². The number of benzene rings is 2. The van der Waals surface area contributed by atoms with Crippen molar-refractivity contribution in [1.29, 1.82) is 0 Å². The van der Waals surface area contributed by atoms with Gasteiger partial charge in [0.1, 0.15) is 0 Å². The van der Waals surface area contributed by atoms with E-state index in [-0.39, 0.29) is 5.91 Å². The number of unbranched alkanes of at least 4 members (excludes halogenated alkanes) is 2. The van der Waals surface area contributed by atoms with Crippen molar-refractivity contribution >= 4 is 16.8 Å². The highest BCUT2D eigenvalue weighted by Crippen LogP contribution is 2.34. The predicted octanol–water partition coefficient (Wildman–Crippen LogP) is 5.80. The average Bonchev–Trinajstić information content (AvgIpc) is 3.04. The fourth-order valence-corrected chi connectivity index (χ4v) is 3.74. The summed E-state index contributed by atoms with van der Waals surface area (Å²) in [6.45, 7) is 4.51. The molecule has 1 heterocycles. The van der Waals surface area contributed by atoms with Gasteiger partial charge in [0.15, 0.2) is 0 Å². The van der Waals surface area contributed by atoms with Crippen LogP contribution in [0.25, 0.3) is 16.6 Å². The monoisotopic (exact) mass is 348 g/mol. The second-order valence-corrected chi connectivity index (χ2v) is 6.98. The molecule has 0 saturated carbocycles. The molecule has 0 aliphatic rings. The van der Waals surface area contributed by atoms with Crippen molar-refractivity contribution in [3.8, 4) is 5.69 Å². The molecule has 1 unspecified atom stereocenters. The van der Waals surface area contributed by atoms with Crippen LogP contribution in [0.3, 0.4) is 0 Å². The average molecular weight is 348 g/mol. The molecule has 0 fully saturated rings. The van der Waals surface area contributed by atoms with Gasteiger partial charge in [0.05, 0.1) is 5.52 Å². The molecule has 0 aliphatic heterocycles. The maximum atomic E-state index is 11.7. The molecule has 2 aromatic carbocycles. The van der Waals surface area contributed by atoms with Crippen molar-refractivity contribution in [3.05, 3.63) is 65.9 Å². The van der Waals surface area contributed by atoms with Gasteiger partial charge in [-0.1, -0.05) is 57.4 Å². The molecule has 1 amide bonds.